The van der Waals surface area contributed by atoms with Gasteiger partial charge in [-0.15, -0.1) is 0 Å². The molecule has 2 aromatic heterocycles. The molecule has 1 amide bonds. The Morgan fingerprint density at radius 3 is 2.96 bits per heavy atom. The maximum Gasteiger partial charge on any atom is 0.255 e. The predicted octanol–water partition coefficient (Wildman–Crippen LogP) is 3.23. The van der Waals surface area contributed by atoms with Crippen molar-refractivity contribution in [2.24, 2.45) is 5.92 Å². The highest BCUT2D eigenvalue weighted by Crippen LogP contribution is 2.19. The van der Waals surface area contributed by atoms with Crippen molar-refractivity contribution in [1.82, 2.24) is 19.6 Å². The lowest BCUT2D eigenvalue weighted by molar-refractivity contribution is 0.0937. The van der Waals surface area contributed by atoms with Gasteiger partial charge in [-0.2, -0.15) is 0 Å². The number of amides is 1. The van der Waals surface area contributed by atoms with E-state index in [9.17, 15) is 4.79 Å². The SMILES string of the molecule is CCCCN1CCC(CNC(=O)c2cc(Cl)cn3ccnc23)CC1. The Bertz CT molecular complexity index is 691. The zero-order chi connectivity index (χ0) is 16.9. The van der Waals surface area contributed by atoms with Crippen LogP contribution in [0.15, 0.2) is 24.7 Å². The van der Waals surface area contributed by atoms with Crippen LogP contribution in [-0.4, -0.2) is 46.4 Å². The van der Waals surface area contributed by atoms with E-state index in [0.29, 0.717) is 22.2 Å². The van der Waals surface area contributed by atoms with Crippen molar-refractivity contribution < 1.29 is 4.79 Å². The summed E-state index contributed by atoms with van der Waals surface area (Å²) in [5.74, 6) is 0.462. The number of rotatable bonds is 6. The molecule has 1 N–H and O–H groups in total. The number of unbranched alkanes of at least 4 members (excludes halogenated alkanes) is 1. The van der Waals surface area contributed by atoms with Gasteiger partial charge in [-0.05, 0) is 50.9 Å². The first-order valence-corrected chi connectivity index (χ1v) is 9.18. The summed E-state index contributed by atoms with van der Waals surface area (Å²) in [4.78, 5) is 19.3. The third-order valence-electron chi connectivity index (χ3n) is 4.79. The summed E-state index contributed by atoms with van der Waals surface area (Å²) in [6.45, 7) is 6.44. The second-order valence-electron chi connectivity index (χ2n) is 6.58. The van der Waals surface area contributed by atoms with Crippen LogP contribution in [0.25, 0.3) is 5.65 Å². The fourth-order valence-corrected chi connectivity index (χ4v) is 3.51. The van der Waals surface area contributed by atoms with E-state index in [0.717, 1.165) is 32.5 Å². The lowest BCUT2D eigenvalue weighted by Crippen LogP contribution is -2.39. The number of imidazole rings is 1. The fourth-order valence-electron chi connectivity index (χ4n) is 3.29. The number of piperidine rings is 1. The molecule has 6 heteroatoms. The molecule has 0 aromatic carbocycles. The topological polar surface area (TPSA) is 49.6 Å². The van der Waals surface area contributed by atoms with E-state index >= 15 is 0 Å². The van der Waals surface area contributed by atoms with Crippen LogP contribution in [0.5, 0.6) is 0 Å². The molecule has 1 aliphatic rings. The van der Waals surface area contributed by atoms with Crippen LogP contribution in [0.1, 0.15) is 43.0 Å². The van der Waals surface area contributed by atoms with Crippen molar-refractivity contribution in [3.8, 4) is 0 Å². The van der Waals surface area contributed by atoms with Gasteiger partial charge >= 0.3 is 0 Å². The zero-order valence-electron chi connectivity index (χ0n) is 14.2. The molecule has 24 heavy (non-hydrogen) atoms. The summed E-state index contributed by atoms with van der Waals surface area (Å²) < 4.78 is 1.78. The van der Waals surface area contributed by atoms with Gasteiger partial charge in [0.1, 0.15) is 5.65 Å². The number of hydrogen-bond donors (Lipinski definition) is 1. The number of hydrogen-bond acceptors (Lipinski definition) is 3. The van der Waals surface area contributed by atoms with Gasteiger partial charge in [-0.25, -0.2) is 4.98 Å². The van der Waals surface area contributed by atoms with E-state index in [2.05, 4.69) is 22.1 Å². The Morgan fingerprint density at radius 2 is 2.21 bits per heavy atom. The smallest absolute Gasteiger partial charge is 0.255 e. The number of halogens is 1. The van der Waals surface area contributed by atoms with Gasteiger partial charge in [0.25, 0.3) is 5.91 Å². The van der Waals surface area contributed by atoms with E-state index in [1.807, 2.05) is 0 Å². The highest BCUT2D eigenvalue weighted by atomic mass is 35.5. The maximum absolute atomic E-state index is 12.5. The molecule has 3 heterocycles. The maximum atomic E-state index is 12.5. The van der Waals surface area contributed by atoms with Gasteiger partial charge in [0, 0.05) is 25.1 Å². The van der Waals surface area contributed by atoms with Crippen LogP contribution in [0, 0.1) is 5.92 Å². The van der Waals surface area contributed by atoms with Crippen molar-refractivity contribution in [3.63, 3.8) is 0 Å². The van der Waals surface area contributed by atoms with Gasteiger partial charge in [0.15, 0.2) is 0 Å². The summed E-state index contributed by atoms with van der Waals surface area (Å²) in [5.41, 5.74) is 1.18. The van der Waals surface area contributed by atoms with E-state index in [1.54, 1.807) is 29.1 Å². The second-order valence-corrected chi connectivity index (χ2v) is 7.02. The molecule has 1 fully saturated rings. The molecule has 0 atom stereocenters. The molecule has 1 aliphatic heterocycles. The Hall–Kier alpha value is -1.59. The Balaban J connectivity index is 1.53. The molecule has 0 saturated carbocycles. The standard InChI is InChI=1S/C18H25ClN4O/c1-2-3-7-22-8-4-14(5-9-22)12-21-18(24)16-11-15(19)13-23-10-6-20-17(16)23/h6,10-11,13-14H,2-5,7-9,12H2,1H3,(H,21,24). The quantitative estimate of drug-likeness (QED) is 0.872. The van der Waals surface area contributed by atoms with Gasteiger partial charge in [0.2, 0.25) is 0 Å². The van der Waals surface area contributed by atoms with Gasteiger partial charge < -0.3 is 14.6 Å². The first kappa shape index (κ1) is 17.2. The van der Waals surface area contributed by atoms with Crippen molar-refractivity contribution in [2.75, 3.05) is 26.2 Å². The number of likely N-dealkylation sites (tertiary alicyclic amines) is 1. The Labute approximate surface area is 148 Å². The number of nitrogens with one attached hydrogen (secondary N) is 1. The van der Waals surface area contributed by atoms with Crippen molar-refractivity contribution in [2.45, 2.75) is 32.6 Å². The van der Waals surface area contributed by atoms with Crippen LogP contribution < -0.4 is 5.32 Å². The van der Waals surface area contributed by atoms with Crippen LogP contribution >= 0.6 is 11.6 Å². The monoisotopic (exact) mass is 348 g/mol. The summed E-state index contributed by atoms with van der Waals surface area (Å²) in [6.07, 6.45) is 10.1. The molecule has 3 rings (SSSR count). The Kier molecular flexibility index (Phi) is 5.74. The lowest BCUT2D eigenvalue weighted by atomic mass is 9.96. The van der Waals surface area contributed by atoms with E-state index in [-0.39, 0.29) is 5.91 Å². The molecule has 1 saturated heterocycles. The number of aromatic nitrogens is 2. The molecule has 0 spiro atoms. The van der Waals surface area contributed by atoms with Crippen LogP contribution in [0.2, 0.25) is 5.02 Å². The molecular formula is C18H25ClN4O. The minimum absolute atomic E-state index is 0.0953. The molecule has 0 unspecified atom stereocenters. The van der Waals surface area contributed by atoms with Crippen LogP contribution in [0.3, 0.4) is 0 Å². The first-order chi connectivity index (χ1) is 11.7. The highest BCUT2D eigenvalue weighted by molar-refractivity contribution is 6.31. The minimum Gasteiger partial charge on any atom is -0.352 e. The average molecular weight is 349 g/mol. The highest BCUT2D eigenvalue weighted by Gasteiger charge is 2.20. The number of nitrogens with zero attached hydrogens (tertiary/aromatic N) is 3. The summed E-state index contributed by atoms with van der Waals surface area (Å²) in [7, 11) is 0. The second kappa shape index (κ2) is 7.99. The third kappa shape index (κ3) is 4.08. The van der Waals surface area contributed by atoms with Crippen LogP contribution in [0.4, 0.5) is 0 Å². The predicted molar refractivity (Wildman–Crippen MR) is 96.6 cm³/mol. The lowest BCUT2D eigenvalue weighted by Gasteiger charge is -2.31. The Morgan fingerprint density at radius 1 is 1.42 bits per heavy atom. The van der Waals surface area contributed by atoms with Gasteiger partial charge in [-0.3, -0.25) is 4.79 Å². The zero-order valence-corrected chi connectivity index (χ0v) is 14.9. The van der Waals surface area contributed by atoms with Crippen molar-refractivity contribution >= 4 is 23.2 Å². The molecule has 0 bridgehead atoms. The number of carbonyl (C=O) groups excluding carboxylic acids is 1. The van der Waals surface area contributed by atoms with Gasteiger partial charge in [0.05, 0.1) is 10.6 Å². The molecular weight excluding hydrogens is 324 g/mol. The normalized spacial score (nSPS) is 16.6. The summed E-state index contributed by atoms with van der Waals surface area (Å²) >= 11 is 6.10. The average Bonchev–Trinajstić information content (AvgIpc) is 3.06. The molecule has 5 nitrogen and oxygen atoms in total. The summed E-state index contributed by atoms with van der Waals surface area (Å²) in [6, 6.07) is 1.69. The van der Waals surface area contributed by atoms with Gasteiger partial charge in [-0.1, -0.05) is 24.9 Å². The number of fused-ring (bicyclic) bond motifs is 1. The molecule has 130 valence electrons. The van der Waals surface area contributed by atoms with Crippen LogP contribution in [-0.2, 0) is 0 Å². The summed E-state index contributed by atoms with van der Waals surface area (Å²) in [5, 5.41) is 3.60. The molecule has 0 aliphatic carbocycles. The fraction of sp³-hybridized carbons (Fsp3) is 0.556. The first-order valence-electron chi connectivity index (χ1n) is 8.80. The number of pyridine rings is 1. The molecule has 0 radical (unpaired) electrons. The number of carbonyl (C=O) groups is 1. The van der Waals surface area contributed by atoms with E-state index in [1.165, 1.54) is 19.4 Å². The van der Waals surface area contributed by atoms with Crippen molar-refractivity contribution in [1.29, 1.82) is 0 Å². The largest absolute Gasteiger partial charge is 0.352 e. The third-order valence-corrected chi connectivity index (χ3v) is 4.99. The van der Waals surface area contributed by atoms with Crippen molar-refractivity contribution in [3.05, 3.63) is 35.2 Å². The van der Waals surface area contributed by atoms with E-state index < -0.39 is 0 Å². The minimum atomic E-state index is -0.0953. The molecule has 2 aromatic rings. The van der Waals surface area contributed by atoms with E-state index in [4.69, 9.17) is 11.6 Å².